The molecule has 0 spiro atoms. The Morgan fingerprint density at radius 2 is 2.12 bits per heavy atom. The molecule has 0 aromatic rings. The van der Waals surface area contributed by atoms with Gasteiger partial charge in [0, 0.05) is 12.3 Å². The summed E-state index contributed by atoms with van der Waals surface area (Å²) in [7, 11) is 0. The van der Waals surface area contributed by atoms with E-state index in [-0.39, 0.29) is 0 Å². The van der Waals surface area contributed by atoms with Crippen LogP contribution in [0, 0.1) is 17.3 Å². The molecule has 0 heterocycles. The first-order valence-electron chi connectivity index (χ1n) is 6.58. The summed E-state index contributed by atoms with van der Waals surface area (Å²) in [5.41, 5.74) is 0.359. The zero-order valence-corrected chi connectivity index (χ0v) is 11.1. The van der Waals surface area contributed by atoms with Crippen LogP contribution >= 0.6 is 0 Å². The van der Waals surface area contributed by atoms with Gasteiger partial charge >= 0.3 is 0 Å². The third-order valence-electron chi connectivity index (χ3n) is 3.95. The predicted molar refractivity (Wildman–Crippen MR) is 69.3 cm³/mol. The van der Waals surface area contributed by atoms with Crippen molar-refractivity contribution in [1.29, 1.82) is 0 Å². The van der Waals surface area contributed by atoms with Crippen LogP contribution in [0.5, 0.6) is 0 Å². The molecule has 1 rings (SSSR count). The fourth-order valence-corrected chi connectivity index (χ4v) is 2.69. The van der Waals surface area contributed by atoms with Crippen molar-refractivity contribution in [3.63, 3.8) is 0 Å². The number of allylic oxidation sites excluding steroid dienone is 1. The molecule has 16 heavy (non-hydrogen) atoms. The van der Waals surface area contributed by atoms with Gasteiger partial charge in [0.15, 0.2) is 0 Å². The van der Waals surface area contributed by atoms with Gasteiger partial charge in [-0.1, -0.05) is 26.8 Å². The maximum absolute atomic E-state index is 11.8. The van der Waals surface area contributed by atoms with Gasteiger partial charge in [0.2, 0.25) is 0 Å². The Balaban J connectivity index is 2.48. The van der Waals surface area contributed by atoms with Gasteiger partial charge in [-0.25, -0.2) is 0 Å². The molecule has 1 heteroatoms. The van der Waals surface area contributed by atoms with Crippen LogP contribution in [0.25, 0.3) is 0 Å². The van der Waals surface area contributed by atoms with Crippen LogP contribution in [0.15, 0.2) is 12.7 Å². The van der Waals surface area contributed by atoms with E-state index in [2.05, 4.69) is 27.4 Å². The van der Waals surface area contributed by atoms with Gasteiger partial charge in [-0.2, -0.15) is 0 Å². The van der Waals surface area contributed by atoms with E-state index in [1.54, 1.807) is 0 Å². The van der Waals surface area contributed by atoms with Crippen LogP contribution in [0.3, 0.4) is 0 Å². The predicted octanol–water partition coefficient (Wildman–Crippen LogP) is 4.37. The number of hydrogen-bond acceptors (Lipinski definition) is 1. The molecule has 1 fully saturated rings. The van der Waals surface area contributed by atoms with Gasteiger partial charge in [-0.05, 0) is 43.4 Å². The average Bonchev–Trinajstić information content (AvgIpc) is 2.19. The second-order valence-corrected chi connectivity index (χ2v) is 6.22. The van der Waals surface area contributed by atoms with Crippen LogP contribution in [0.2, 0.25) is 0 Å². The summed E-state index contributed by atoms with van der Waals surface area (Å²) in [5.74, 6) is 1.56. The molecule has 0 bridgehead atoms. The van der Waals surface area contributed by atoms with Crippen LogP contribution in [0.1, 0.15) is 59.3 Å². The Labute approximate surface area is 100 Å². The third kappa shape index (κ3) is 3.77. The lowest BCUT2D eigenvalue weighted by Crippen LogP contribution is -2.32. The van der Waals surface area contributed by atoms with Crippen molar-refractivity contribution in [3.05, 3.63) is 12.7 Å². The molecule has 0 N–H and O–H groups in total. The van der Waals surface area contributed by atoms with Crippen molar-refractivity contribution < 1.29 is 4.79 Å². The summed E-state index contributed by atoms with van der Waals surface area (Å²) in [6.07, 6.45) is 8.20. The summed E-state index contributed by atoms with van der Waals surface area (Å²) < 4.78 is 0. The molecular weight excluding hydrogens is 196 g/mol. The molecule has 0 saturated heterocycles. The zero-order chi connectivity index (χ0) is 12.2. The summed E-state index contributed by atoms with van der Waals surface area (Å²) in [4.78, 5) is 11.8. The number of rotatable bonds is 4. The third-order valence-corrected chi connectivity index (χ3v) is 3.95. The van der Waals surface area contributed by atoms with E-state index < -0.39 is 0 Å². The number of Topliss-reactive ketones (excluding diaryl/α,β-unsaturated/α-hetero) is 1. The van der Waals surface area contributed by atoms with Crippen molar-refractivity contribution in [3.8, 4) is 0 Å². The van der Waals surface area contributed by atoms with Gasteiger partial charge in [0.05, 0.1) is 0 Å². The molecule has 0 radical (unpaired) electrons. The normalized spacial score (nSPS) is 26.8. The van der Waals surface area contributed by atoms with Crippen LogP contribution in [-0.2, 0) is 4.79 Å². The summed E-state index contributed by atoms with van der Waals surface area (Å²) >= 11 is 0. The van der Waals surface area contributed by atoms with Crippen molar-refractivity contribution in [2.75, 3.05) is 0 Å². The molecule has 1 nitrogen and oxygen atoms in total. The number of carbonyl (C=O) groups excluding carboxylic acids is 1. The minimum atomic E-state index is 0.331. The molecule has 0 aliphatic heterocycles. The maximum atomic E-state index is 11.8. The molecule has 1 aliphatic rings. The standard InChI is InChI=1S/C15H26O/c1-5-6-7-8-12-11-13(15(2,3)4)9-10-14(12)16/h5,12-13H,1,6-11H2,2-4H3. The van der Waals surface area contributed by atoms with Gasteiger partial charge in [0.1, 0.15) is 5.78 Å². The number of carbonyl (C=O) groups is 1. The largest absolute Gasteiger partial charge is 0.299 e. The van der Waals surface area contributed by atoms with Gasteiger partial charge < -0.3 is 0 Å². The van der Waals surface area contributed by atoms with Crippen molar-refractivity contribution in [2.24, 2.45) is 17.3 Å². The first kappa shape index (κ1) is 13.5. The fraction of sp³-hybridized carbons (Fsp3) is 0.800. The van der Waals surface area contributed by atoms with Crippen molar-refractivity contribution in [1.82, 2.24) is 0 Å². The molecule has 1 aliphatic carbocycles. The van der Waals surface area contributed by atoms with E-state index in [4.69, 9.17) is 0 Å². The number of unbranched alkanes of at least 4 members (excludes halogenated alkanes) is 1. The monoisotopic (exact) mass is 222 g/mol. The van der Waals surface area contributed by atoms with E-state index in [1.807, 2.05) is 6.08 Å². The molecule has 0 amide bonds. The van der Waals surface area contributed by atoms with Crippen LogP contribution in [0.4, 0.5) is 0 Å². The highest BCUT2D eigenvalue weighted by atomic mass is 16.1. The van der Waals surface area contributed by atoms with E-state index in [9.17, 15) is 4.79 Å². The van der Waals surface area contributed by atoms with Gasteiger partial charge in [-0.3, -0.25) is 4.79 Å². The Kier molecular flexibility index (Phi) is 4.76. The highest BCUT2D eigenvalue weighted by molar-refractivity contribution is 5.81. The Hall–Kier alpha value is -0.590. The first-order chi connectivity index (χ1) is 7.45. The highest BCUT2D eigenvalue weighted by Gasteiger charge is 2.34. The minimum absolute atomic E-state index is 0.331. The second-order valence-electron chi connectivity index (χ2n) is 6.22. The first-order valence-corrected chi connectivity index (χ1v) is 6.58. The minimum Gasteiger partial charge on any atom is -0.299 e. The number of hydrogen-bond donors (Lipinski definition) is 0. The van der Waals surface area contributed by atoms with E-state index >= 15 is 0 Å². The van der Waals surface area contributed by atoms with E-state index in [0.29, 0.717) is 17.1 Å². The Morgan fingerprint density at radius 1 is 1.44 bits per heavy atom. The molecule has 2 atom stereocenters. The smallest absolute Gasteiger partial charge is 0.135 e. The van der Waals surface area contributed by atoms with Crippen molar-refractivity contribution in [2.45, 2.75) is 59.3 Å². The second kappa shape index (κ2) is 5.65. The molecule has 0 aromatic heterocycles. The lowest BCUT2D eigenvalue weighted by Gasteiger charge is -2.37. The SMILES string of the molecule is C=CCCCC1CC(C(C)(C)C)CCC1=O. The maximum Gasteiger partial charge on any atom is 0.135 e. The van der Waals surface area contributed by atoms with Gasteiger partial charge in [-0.15, -0.1) is 6.58 Å². The van der Waals surface area contributed by atoms with Crippen LogP contribution < -0.4 is 0 Å². The fourth-order valence-electron chi connectivity index (χ4n) is 2.69. The van der Waals surface area contributed by atoms with Gasteiger partial charge in [0.25, 0.3) is 0 Å². The van der Waals surface area contributed by atoms with Crippen LogP contribution in [-0.4, -0.2) is 5.78 Å². The Morgan fingerprint density at radius 3 is 2.69 bits per heavy atom. The molecule has 2 unspecified atom stereocenters. The quantitative estimate of drug-likeness (QED) is 0.510. The Bertz CT molecular complexity index is 247. The lowest BCUT2D eigenvalue weighted by molar-refractivity contribution is -0.126. The molecule has 1 saturated carbocycles. The summed E-state index contributed by atoms with van der Waals surface area (Å²) in [6.45, 7) is 10.6. The summed E-state index contributed by atoms with van der Waals surface area (Å²) in [5, 5.41) is 0. The molecule has 92 valence electrons. The van der Waals surface area contributed by atoms with Crippen molar-refractivity contribution >= 4 is 5.78 Å². The highest BCUT2D eigenvalue weighted by Crippen LogP contribution is 2.40. The average molecular weight is 222 g/mol. The number of ketones is 1. The molecule has 0 aromatic carbocycles. The lowest BCUT2D eigenvalue weighted by atomic mass is 9.68. The van der Waals surface area contributed by atoms with E-state index in [0.717, 1.165) is 44.4 Å². The summed E-state index contributed by atoms with van der Waals surface area (Å²) in [6, 6.07) is 0. The molecular formula is C15H26O. The van der Waals surface area contributed by atoms with E-state index in [1.165, 1.54) is 0 Å². The topological polar surface area (TPSA) is 17.1 Å². The zero-order valence-electron chi connectivity index (χ0n) is 11.1.